The van der Waals surface area contributed by atoms with Crippen molar-refractivity contribution >= 4 is 29.1 Å². The second-order valence-corrected chi connectivity index (χ2v) is 6.12. The van der Waals surface area contributed by atoms with E-state index in [0.29, 0.717) is 22.8 Å². The standard InChI is InChI=1S/C15H20ClN3O2/c1-19(2)13(20)11-5-4-10(16)8-12(11)18-14(21)15(9-17)6-3-7-15/h4-5,8H,3,6-7,9,17H2,1-2H3,(H,18,21). The molecule has 1 aliphatic rings. The monoisotopic (exact) mass is 309 g/mol. The number of carbonyl (C=O) groups excluding carboxylic acids is 2. The molecule has 0 spiro atoms. The number of amides is 2. The second-order valence-electron chi connectivity index (χ2n) is 5.68. The van der Waals surface area contributed by atoms with Crippen molar-refractivity contribution in [2.45, 2.75) is 19.3 Å². The van der Waals surface area contributed by atoms with E-state index in [-0.39, 0.29) is 11.8 Å². The van der Waals surface area contributed by atoms with Gasteiger partial charge < -0.3 is 16.0 Å². The van der Waals surface area contributed by atoms with E-state index in [1.165, 1.54) is 4.90 Å². The summed E-state index contributed by atoms with van der Waals surface area (Å²) in [5, 5.41) is 3.30. The van der Waals surface area contributed by atoms with Crippen molar-refractivity contribution in [3.8, 4) is 0 Å². The van der Waals surface area contributed by atoms with Gasteiger partial charge in [0.2, 0.25) is 5.91 Å². The topological polar surface area (TPSA) is 75.4 Å². The summed E-state index contributed by atoms with van der Waals surface area (Å²) in [7, 11) is 3.33. The molecule has 1 saturated carbocycles. The Morgan fingerprint density at radius 1 is 1.38 bits per heavy atom. The number of anilines is 1. The molecule has 0 aliphatic heterocycles. The summed E-state index contributed by atoms with van der Waals surface area (Å²) in [6.07, 6.45) is 2.57. The molecule has 0 radical (unpaired) electrons. The summed E-state index contributed by atoms with van der Waals surface area (Å²) in [5.41, 5.74) is 6.09. The van der Waals surface area contributed by atoms with Gasteiger partial charge in [0.25, 0.3) is 5.91 Å². The predicted molar refractivity (Wildman–Crippen MR) is 83.4 cm³/mol. The van der Waals surface area contributed by atoms with Gasteiger partial charge in [-0.1, -0.05) is 18.0 Å². The first-order chi connectivity index (χ1) is 9.89. The summed E-state index contributed by atoms with van der Waals surface area (Å²) in [4.78, 5) is 26.1. The van der Waals surface area contributed by atoms with E-state index in [1.54, 1.807) is 32.3 Å². The fourth-order valence-electron chi connectivity index (χ4n) is 2.43. The number of nitrogens with one attached hydrogen (secondary N) is 1. The Balaban J connectivity index is 2.28. The summed E-state index contributed by atoms with van der Waals surface area (Å²) >= 11 is 5.98. The average Bonchev–Trinajstić information content (AvgIpc) is 2.37. The van der Waals surface area contributed by atoms with Crippen molar-refractivity contribution in [3.05, 3.63) is 28.8 Å². The molecular formula is C15H20ClN3O2. The zero-order chi connectivity index (χ0) is 15.6. The first kappa shape index (κ1) is 15.8. The molecule has 0 aromatic heterocycles. The minimum absolute atomic E-state index is 0.133. The van der Waals surface area contributed by atoms with Crippen LogP contribution in [0.4, 0.5) is 5.69 Å². The van der Waals surface area contributed by atoms with Crippen LogP contribution in [0, 0.1) is 5.41 Å². The van der Waals surface area contributed by atoms with Gasteiger partial charge in [-0.3, -0.25) is 9.59 Å². The lowest BCUT2D eigenvalue weighted by atomic mass is 9.68. The van der Waals surface area contributed by atoms with E-state index in [9.17, 15) is 9.59 Å². The number of halogens is 1. The maximum Gasteiger partial charge on any atom is 0.255 e. The zero-order valence-electron chi connectivity index (χ0n) is 12.3. The molecule has 2 rings (SSSR count). The van der Waals surface area contributed by atoms with Gasteiger partial charge in [-0.05, 0) is 31.0 Å². The van der Waals surface area contributed by atoms with Crippen LogP contribution in [0.25, 0.3) is 0 Å². The lowest BCUT2D eigenvalue weighted by molar-refractivity contribution is -0.129. The quantitative estimate of drug-likeness (QED) is 0.894. The first-order valence-corrected chi connectivity index (χ1v) is 7.30. The normalized spacial score (nSPS) is 16.0. The van der Waals surface area contributed by atoms with Crippen molar-refractivity contribution in [1.29, 1.82) is 0 Å². The van der Waals surface area contributed by atoms with Crippen molar-refractivity contribution < 1.29 is 9.59 Å². The number of rotatable bonds is 4. The maximum absolute atomic E-state index is 12.4. The third-order valence-electron chi connectivity index (χ3n) is 4.05. The Labute approximate surface area is 129 Å². The van der Waals surface area contributed by atoms with Gasteiger partial charge in [0.1, 0.15) is 0 Å². The molecule has 114 valence electrons. The molecule has 1 aromatic rings. The maximum atomic E-state index is 12.4. The predicted octanol–water partition coefficient (Wildman–Crippen LogP) is 2.11. The van der Waals surface area contributed by atoms with Gasteiger partial charge in [-0.25, -0.2) is 0 Å². The van der Waals surface area contributed by atoms with Crippen LogP contribution in [0.5, 0.6) is 0 Å². The van der Waals surface area contributed by atoms with Crippen LogP contribution in [-0.4, -0.2) is 37.4 Å². The highest BCUT2D eigenvalue weighted by Gasteiger charge is 2.43. The number of nitrogens with zero attached hydrogens (tertiary/aromatic N) is 1. The van der Waals surface area contributed by atoms with E-state index in [2.05, 4.69) is 5.32 Å². The van der Waals surface area contributed by atoms with E-state index in [4.69, 9.17) is 17.3 Å². The molecule has 1 fully saturated rings. The minimum Gasteiger partial charge on any atom is -0.345 e. The molecule has 0 atom stereocenters. The molecule has 1 aliphatic carbocycles. The molecule has 0 saturated heterocycles. The van der Waals surface area contributed by atoms with Gasteiger partial charge in [0.05, 0.1) is 16.7 Å². The number of carbonyl (C=O) groups is 2. The fraction of sp³-hybridized carbons (Fsp3) is 0.467. The molecule has 3 N–H and O–H groups in total. The second kappa shape index (κ2) is 6.03. The van der Waals surface area contributed by atoms with Crippen molar-refractivity contribution in [2.75, 3.05) is 26.0 Å². The summed E-state index contributed by atoms with van der Waals surface area (Å²) in [6, 6.07) is 4.85. The molecule has 6 heteroatoms. The lowest BCUT2D eigenvalue weighted by Crippen LogP contribution is -2.47. The van der Waals surface area contributed by atoms with Crippen LogP contribution in [0.3, 0.4) is 0 Å². The molecular weight excluding hydrogens is 290 g/mol. The number of hydrogen-bond acceptors (Lipinski definition) is 3. The summed E-state index contributed by atoms with van der Waals surface area (Å²) < 4.78 is 0. The Morgan fingerprint density at radius 3 is 2.52 bits per heavy atom. The molecule has 0 unspecified atom stereocenters. The molecule has 5 nitrogen and oxygen atoms in total. The van der Waals surface area contributed by atoms with Gasteiger partial charge in [0.15, 0.2) is 0 Å². The summed E-state index contributed by atoms with van der Waals surface area (Å²) in [5.74, 6) is -0.316. The van der Waals surface area contributed by atoms with E-state index < -0.39 is 5.41 Å². The number of nitrogens with two attached hydrogens (primary N) is 1. The Bertz CT molecular complexity index is 563. The van der Waals surface area contributed by atoms with Crippen molar-refractivity contribution in [2.24, 2.45) is 11.1 Å². The van der Waals surface area contributed by atoms with Crippen LogP contribution < -0.4 is 11.1 Å². The molecule has 21 heavy (non-hydrogen) atoms. The van der Waals surface area contributed by atoms with Gasteiger partial charge in [-0.15, -0.1) is 0 Å². The molecule has 1 aromatic carbocycles. The lowest BCUT2D eigenvalue weighted by Gasteiger charge is -2.39. The van der Waals surface area contributed by atoms with Crippen molar-refractivity contribution in [1.82, 2.24) is 4.90 Å². The fourth-order valence-corrected chi connectivity index (χ4v) is 2.60. The first-order valence-electron chi connectivity index (χ1n) is 6.92. The van der Waals surface area contributed by atoms with Crippen LogP contribution in [0.1, 0.15) is 29.6 Å². The van der Waals surface area contributed by atoms with E-state index >= 15 is 0 Å². The van der Waals surface area contributed by atoms with Crippen LogP contribution in [0.15, 0.2) is 18.2 Å². The van der Waals surface area contributed by atoms with Crippen molar-refractivity contribution in [3.63, 3.8) is 0 Å². The third kappa shape index (κ3) is 3.04. The minimum atomic E-state index is -0.499. The van der Waals surface area contributed by atoms with Crippen LogP contribution in [-0.2, 0) is 4.79 Å². The third-order valence-corrected chi connectivity index (χ3v) is 4.28. The van der Waals surface area contributed by atoms with Gasteiger partial charge >= 0.3 is 0 Å². The average molecular weight is 310 g/mol. The highest BCUT2D eigenvalue weighted by Crippen LogP contribution is 2.41. The number of benzene rings is 1. The van der Waals surface area contributed by atoms with Gasteiger partial charge in [0, 0.05) is 25.7 Å². The Morgan fingerprint density at radius 2 is 2.05 bits per heavy atom. The van der Waals surface area contributed by atoms with E-state index in [0.717, 1.165) is 19.3 Å². The highest BCUT2D eigenvalue weighted by atomic mass is 35.5. The Kier molecular flexibility index (Phi) is 4.54. The Hall–Kier alpha value is -1.59. The van der Waals surface area contributed by atoms with Crippen LogP contribution >= 0.6 is 11.6 Å². The molecule has 0 bridgehead atoms. The van der Waals surface area contributed by atoms with E-state index in [1.807, 2.05) is 0 Å². The highest BCUT2D eigenvalue weighted by molar-refractivity contribution is 6.31. The SMILES string of the molecule is CN(C)C(=O)c1ccc(Cl)cc1NC(=O)C1(CN)CCC1. The van der Waals surface area contributed by atoms with Gasteiger partial charge in [-0.2, -0.15) is 0 Å². The smallest absolute Gasteiger partial charge is 0.255 e. The van der Waals surface area contributed by atoms with Crippen LogP contribution in [0.2, 0.25) is 5.02 Å². The zero-order valence-corrected chi connectivity index (χ0v) is 13.0. The molecule has 0 heterocycles. The largest absolute Gasteiger partial charge is 0.345 e. The number of hydrogen-bond donors (Lipinski definition) is 2. The summed E-state index contributed by atoms with van der Waals surface area (Å²) in [6.45, 7) is 0.316. The molecule has 2 amide bonds.